The van der Waals surface area contributed by atoms with Gasteiger partial charge in [-0.05, 0) is 66.2 Å². The Kier molecular flexibility index (Phi) is 6.76. The maximum absolute atomic E-state index is 13.4. The van der Waals surface area contributed by atoms with Crippen molar-refractivity contribution in [3.8, 4) is 0 Å². The Morgan fingerprint density at radius 1 is 1.03 bits per heavy atom. The number of anilines is 2. The second-order valence-electron chi connectivity index (χ2n) is 7.56. The zero-order valence-corrected chi connectivity index (χ0v) is 19.0. The lowest BCUT2D eigenvalue weighted by molar-refractivity contribution is -0.119. The Morgan fingerprint density at radius 2 is 1.72 bits per heavy atom. The topological polar surface area (TPSA) is 69.7 Å². The van der Waals surface area contributed by atoms with Crippen molar-refractivity contribution in [2.45, 2.75) is 23.6 Å². The molecule has 0 atom stereocenters. The van der Waals surface area contributed by atoms with Crippen LogP contribution in [0.3, 0.4) is 0 Å². The Bertz CT molecular complexity index is 1140. The molecule has 168 valence electrons. The summed E-state index contributed by atoms with van der Waals surface area (Å²) in [7, 11) is -3.95. The summed E-state index contributed by atoms with van der Waals surface area (Å²) in [5.41, 5.74) is 2.32. The Morgan fingerprint density at radius 3 is 2.34 bits per heavy atom. The van der Waals surface area contributed by atoms with Crippen LogP contribution >= 0.6 is 11.3 Å². The van der Waals surface area contributed by atoms with Crippen LogP contribution in [0, 0.1) is 5.82 Å². The summed E-state index contributed by atoms with van der Waals surface area (Å²) in [6.45, 7) is 2.01. The molecule has 9 heteroatoms. The van der Waals surface area contributed by atoms with Crippen molar-refractivity contribution in [3.63, 3.8) is 0 Å². The minimum atomic E-state index is -3.95. The summed E-state index contributed by atoms with van der Waals surface area (Å²) < 4.78 is 40.7. The van der Waals surface area contributed by atoms with E-state index < -0.39 is 28.3 Å². The van der Waals surface area contributed by atoms with Gasteiger partial charge in [0.1, 0.15) is 16.6 Å². The highest BCUT2D eigenvalue weighted by Gasteiger charge is 2.28. The number of carbonyl (C=O) groups excluding carboxylic acids is 1. The fourth-order valence-corrected chi connectivity index (χ4v) is 6.15. The zero-order valence-electron chi connectivity index (χ0n) is 17.4. The molecule has 0 bridgehead atoms. The number of halogens is 1. The highest BCUT2D eigenvalue weighted by atomic mass is 32.2. The lowest BCUT2D eigenvalue weighted by Gasteiger charge is -2.23. The standard InChI is InChI=1S/C23H24FN3O3S2/c24-19-7-11-21(12-8-19)27(32(29,30)23-4-3-15-31-23)17-22(28)25-16-18-5-9-20(10-6-18)26-13-1-2-14-26/h3-12,15H,1-2,13-14,16-17H2,(H,25,28). The van der Waals surface area contributed by atoms with Gasteiger partial charge in [-0.1, -0.05) is 18.2 Å². The highest BCUT2D eigenvalue weighted by Crippen LogP contribution is 2.26. The molecule has 2 heterocycles. The number of hydrogen-bond donors (Lipinski definition) is 1. The number of nitrogens with zero attached hydrogens (tertiary/aromatic N) is 2. The first-order chi connectivity index (χ1) is 15.4. The molecule has 0 saturated carbocycles. The van der Waals surface area contributed by atoms with Gasteiger partial charge in [-0.2, -0.15) is 0 Å². The quantitative estimate of drug-likeness (QED) is 0.537. The molecule has 0 spiro atoms. The maximum atomic E-state index is 13.4. The van der Waals surface area contributed by atoms with Crippen LogP contribution in [0.25, 0.3) is 0 Å². The van der Waals surface area contributed by atoms with Crippen molar-refractivity contribution in [3.05, 3.63) is 77.4 Å². The molecule has 0 radical (unpaired) electrons. The van der Waals surface area contributed by atoms with E-state index in [1.165, 1.54) is 48.9 Å². The first-order valence-electron chi connectivity index (χ1n) is 10.4. The van der Waals surface area contributed by atoms with Crippen molar-refractivity contribution in [1.82, 2.24) is 5.32 Å². The molecule has 2 aromatic carbocycles. The lowest BCUT2D eigenvalue weighted by Crippen LogP contribution is -2.40. The first-order valence-corrected chi connectivity index (χ1v) is 12.7. The van der Waals surface area contributed by atoms with Crippen LogP contribution < -0.4 is 14.5 Å². The number of benzene rings is 2. The highest BCUT2D eigenvalue weighted by molar-refractivity contribution is 7.94. The molecule has 1 N–H and O–H groups in total. The minimum Gasteiger partial charge on any atom is -0.372 e. The van der Waals surface area contributed by atoms with Gasteiger partial charge in [0, 0.05) is 25.3 Å². The Labute approximate surface area is 191 Å². The molecular weight excluding hydrogens is 449 g/mol. The Hall–Kier alpha value is -2.91. The second-order valence-corrected chi connectivity index (χ2v) is 10.6. The van der Waals surface area contributed by atoms with Gasteiger partial charge < -0.3 is 10.2 Å². The van der Waals surface area contributed by atoms with Crippen LogP contribution in [-0.2, 0) is 21.4 Å². The van der Waals surface area contributed by atoms with E-state index in [2.05, 4.69) is 10.2 Å². The summed E-state index contributed by atoms with van der Waals surface area (Å²) >= 11 is 1.07. The van der Waals surface area contributed by atoms with E-state index in [1.54, 1.807) is 11.4 Å². The van der Waals surface area contributed by atoms with Crippen molar-refractivity contribution < 1.29 is 17.6 Å². The van der Waals surface area contributed by atoms with E-state index in [-0.39, 0.29) is 16.4 Å². The summed E-state index contributed by atoms with van der Waals surface area (Å²) in [4.78, 5) is 15.0. The average molecular weight is 474 g/mol. The van der Waals surface area contributed by atoms with E-state index in [1.807, 2.05) is 24.3 Å². The molecule has 0 unspecified atom stereocenters. The predicted molar refractivity (Wildman–Crippen MR) is 125 cm³/mol. The monoisotopic (exact) mass is 473 g/mol. The van der Waals surface area contributed by atoms with Gasteiger partial charge in [0.05, 0.1) is 5.69 Å². The SMILES string of the molecule is O=C(CN(c1ccc(F)cc1)S(=O)(=O)c1cccs1)NCc1ccc(N2CCCC2)cc1. The third-order valence-electron chi connectivity index (χ3n) is 5.34. The van der Waals surface area contributed by atoms with Crippen LogP contribution in [0.1, 0.15) is 18.4 Å². The van der Waals surface area contributed by atoms with E-state index in [9.17, 15) is 17.6 Å². The van der Waals surface area contributed by atoms with Gasteiger partial charge in [-0.15, -0.1) is 11.3 Å². The van der Waals surface area contributed by atoms with Gasteiger partial charge >= 0.3 is 0 Å². The van der Waals surface area contributed by atoms with Crippen molar-refractivity contribution in [2.24, 2.45) is 0 Å². The number of rotatable bonds is 8. The van der Waals surface area contributed by atoms with E-state index in [4.69, 9.17) is 0 Å². The molecule has 1 aromatic heterocycles. The maximum Gasteiger partial charge on any atom is 0.274 e. The molecule has 1 saturated heterocycles. The van der Waals surface area contributed by atoms with Crippen LogP contribution in [0.15, 0.2) is 70.3 Å². The van der Waals surface area contributed by atoms with E-state index in [0.717, 1.165) is 34.3 Å². The molecule has 1 amide bonds. The summed E-state index contributed by atoms with van der Waals surface area (Å²) in [5.74, 6) is -0.929. The van der Waals surface area contributed by atoms with E-state index >= 15 is 0 Å². The van der Waals surface area contributed by atoms with Crippen molar-refractivity contribution in [2.75, 3.05) is 28.8 Å². The van der Waals surface area contributed by atoms with Crippen LogP contribution in [0.4, 0.5) is 15.8 Å². The molecule has 1 aliphatic rings. The molecular formula is C23H24FN3O3S2. The number of thiophene rings is 1. The zero-order chi connectivity index (χ0) is 22.6. The number of amides is 1. The summed E-state index contributed by atoms with van der Waals surface area (Å²) in [6, 6.07) is 16.2. The van der Waals surface area contributed by atoms with Crippen molar-refractivity contribution >= 4 is 38.6 Å². The average Bonchev–Trinajstić information content (AvgIpc) is 3.52. The molecule has 4 rings (SSSR count). The van der Waals surface area contributed by atoms with E-state index in [0.29, 0.717) is 0 Å². The summed E-state index contributed by atoms with van der Waals surface area (Å²) in [6.07, 6.45) is 2.41. The third-order valence-corrected chi connectivity index (χ3v) is 8.49. The number of sulfonamides is 1. The lowest BCUT2D eigenvalue weighted by atomic mass is 10.2. The van der Waals surface area contributed by atoms with Crippen LogP contribution in [-0.4, -0.2) is 34.0 Å². The normalized spacial score (nSPS) is 13.8. The molecule has 6 nitrogen and oxygen atoms in total. The first kappa shape index (κ1) is 22.3. The van der Waals surface area contributed by atoms with Crippen LogP contribution in [0.5, 0.6) is 0 Å². The fraction of sp³-hybridized carbons (Fsp3) is 0.261. The summed E-state index contributed by atoms with van der Waals surface area (Å²) in [5, 5.41) is 4.44. The van der Waals surface area contributed by atoms with Crippen LogP contribution in [0.2, 0.25) is 0 Å². The minimum absolute atomic E-state index is 0.118. The molecule has 0 aliphatic carbocycles. The van der Waals surface area contributed by atoms with Gasteiger partial charge in [-0.25, -0.2) is 12.8 Å². The van der Waals surface area contributed by atoms with Gasteiger partial charge in [0.2, 0.25) is 5.91 Å². The van der Waals surface area contributed by atoms with Gasteiger partial charge in [0.25, 0.3) is 10.0 Å². The van der Waals surface area contributed by atoms with Gasteiger partial charge in [-0.3, -0.25) is 9.10 Å². The molecule has 32 heavy (non-hydrogen) atoms. The number of carbonyl (C=O) groups is 1. The van der Waals surface area contributed by atoms with Gasteiger partial charge in [0.15, 0.2) is 0 Å². The third kappa shape index (κ3) is 5.11. The molecule has 1 fully saturated rings. The molecule has 1 aliphatic heterocycles. The second kappa shape index (κ2) is 9.70. The number of hydrogen-bond acceptors (Lipinski definition) is 5. The predicted octanol–water partition coefficient (Wildman–Crippen LogP) is 4.00. The van der Waals surface area contributed by atoms with Crippen molar-refractivity contribution in [1.29, 1.82) is 0 Å². The Balaban J connectivity index is 1.45. The fourth-order valence-electron chi connectivity index (χ4n) is 3.63. The smallest absolute Gasteiger partial charge is 0.274 e. The number of nitrogens with one attached hydrogen (secondary N) is 1. The largest absolute Gasteiger partial charge is 0.372 e. The molecule has 3 aromatic rings.